The molecule has 0 radical (unpaired) electrons. The van der Waals surface area contributed by atoms with E-state index < -0.39 is 27.4 Å². The third-order valence-corrected chi connectivity index (χ3v) is 7.98. The van der Waals surface area contributed by atoms with Crippen LogP contribution in [-0.4, -0.2) is 27.0 Å². The molecule has 5 aromatic rings. The van der Waals surface area contributed by atoms with Crippen LogP contribution in [0.5, 0.6) is 0 Å². The van der Waals surface area contributed by atoms with Gasteiger partial charge in [0.05, 0.1) is 32.3 Å². The Morgan fingerprint density at radius 1 is 0.978 bits per heavy atom. The predicted octanol–water partition coefficient (Wildman–Crippen LogP) is 5.13. The van der Waals surface area contributed by atoms with Crippen LogP contribution in [0, 0.1) is 20.2 Å². The molecule has 6 rings (SSSR count). The Morgan fingerprint density at radius 3 is 2.22 bits per heavy atom. The summed E-state index contributed by atoms with van der Waals surface area (Å²) >= 11 is 1.08. The van der Waals surface area contributed by atoms with Gasteiger partial charge in [-0.25, -0.2) is 9.79 Å². The molecule has 2 aromatic carbocycles. The van der Waals surface area contributed by atoms with E-state index >= 15 is 0 Å². The van der Waals surface area contributed by atoms with Gasteiger partial charge in [-0.1, -0.05) is 35.6 Å². The minimum atomic E-state index is -1.04. The number of hydrogen-bond acceptors (Lipinski definition) is 11. The first-order chi connectivity index (χ1) is 21.6. The van der Waals surface area contributed by atoms with E-state index in [1.807, 2.05) is 0 Å². The Hall–Kier alpha value is -5.89. The molecule has 0 saturated heterocycles. The number of benzene rings is 2. The lowest BCUT2D eigenvalue weighted by atomic mass is 10.0. The van der Waals surface area contributed by atoms with Crippen molar-refractivity contribution < 1.29 is 28.2 Å². The molecule has 0 aliphatic carbocycles. The predicted molar refractivity (Wildman–Crippen MR) is 162 cm³/mol. The number of ether oxygens (including phenoxy) is 1. The lowest BCUT2D eigenvalue weighted by molar-refractivity contribution is -0.385. The van der Waals surface area contributed by atoms with Crippen molar-refractivity contribution >= 4 is 34.8 Å². The number of hydrogen-bond donors (Lipinski definition) is 0. The molecule has 226 valence electrons. The Balaban J connectivity index is 1.44. The van der Waals surface area contributed by atoms with E-state index in [1.54, 1.807) is 56.3 Å². The fraction of sp³-hybridized carbons (Fsp3) is 0.129. The van der Waals surface area contributed by atoms with Crippen LogP contribution in [0.3, 0.4) is 0 Å². The number of fused-ring (bicyclic) bond motifs is 1. The first kappa shape index (κ1) is 29.2. The maximum atomic E-state index is 13.9. The highest BCUT2D eigenvalue weighted by Crippen LogP contribution is 2.35. The third kappa shape index (κ3) is 5.49. The summed E-state index contributed by atoms with van der Waals surface area (Å²) in [6.45, 7) is 3.39. The number of esters is 1. The summed E-state index contributed by atoms with van der Waals surface area (Å²) in [6, 6.07) is 17.4. The van der Waals surface area contributed by atoms with Gasteiger partial charge in [0.2, 0.25) is 0 Å². The monoisotopic (exact) mass is 626 g/mol. The zero-order chi connectivity index (χ0) is 31.8. The fourth-order valence-electron chi connectivity index (χ4n) is 4.98. The molecule has 0 amide bonds. The van der Waals surface area contributed by atoms with Gasteiger partial charge in [0.15, 0.2) is 4.80 Å². The quantitative estimate of drug-likeness (QED) is 0.128. The molecule has 1 aliphatic rings. The number of nitrogens with zero attached hydrogens (tertiary/aromatic N) is 4. The lowest BCUT2D eigenvalue weighted by Gasteiger charge is -2.22. The number of nitro benzene ring substituents is 2. The highest BCUT2D eigenvalue weighted by molar-refractivity contribution is 7.07. The van der Waals surface area contributed by atoms with Gasteiger partial charge >= 0.3 is 5.97 Å². The number of rotatable bonds is 8. The maximum Gasteiger partial charge on any atom is 0.338 e. The van der Waals surface area contributed by atoms with Crippen LogP contribution < -0.4 is 14.9 Å². The molecular formula is C31H22N4O9S. The number of furan rings is 2. The molecule has 0 N–H and O–H groups in total. The zero-order valence-corrected chi connectivity index (χ0v) is 24.5. The van der Waals surface area contributed by atoms with Crippen LogP contribution in [0.25, 0.3) is 28.7 Å². The van der Waals surface area contributed by atoms with Crippen molar-refractivity contribution in [1.29, 1.82) is 0 Å². The molecular weight excluding hydrogens is 604 g/mol. The van der Waals surface area contributed by atoms with E-state index in [0.29, 0.717) is 38.9 Å². The van der Waals surface area contributed by atoms with Crippen molar-refractivity contribution in [1.82, 2.24) is 4.57 Å². The maximum absolute atomic E-state index is 13.9. The second-order valence-electron chi connectivity index (χ2n) is 9.82. The molecule has 1 atom stereocenters. The van der Waals surface area contributed by atoms with Crippen LogP contribution in [-0.2, 0) is 9.53 Å². The summed E-state index contributed by atoms with van der Waals surface area (Å²) in [4.78, 5) is 53.4. The van der Waals surface area contributed by atoms with Gasteiger partial charge in [-0.3, -0.25) is 29.6 Å². The van der Waals surface area contributed by atoms with Gasteiger partial charge in [0.25, 0.3) is 16.9 Å². The van der Waals surface area contributed by atoms with Gasteiger partial charge < -0.3 is 13.6 Å². The molecule has 4 heterocycles. The standard InChI is InChI=1S/C31H22N4O9S/c1-3-42-30(37)27-17(2)32-31-33(28(27)25-13-12-24(44-25)19-7-5-9-21(15-19)35(40)41)29(36)26(45-31)16-22-10-11-23(43-22)18-6-4-8-20(14-18)34(38)39/h4-16,28H,3H2,1-2H3/b26-16-/t28-/m1/s1. The van der Waals surface area contributed by atoms with Gasteiger partial charge in [-0.15, -0.1) is 0 Å². The summed E-state index contributed by atoms with van der Waals surface area (Å²) in [5, 5.41) is 22.5. The van der Waals surface area contributed by atoms with Gasteiger partial charge in [-0.2, -0.15) is 0 Å². The molecule has 14 heteroatoms. The Labute approximate surface area is 256 Å². The van der Waals surface area contributed by atoms with Gasteiger partial charge in [-0.05, 0) is 38.1 Å². The van der Waals surface area contributed by atoms with Crippen LogP contribution in [0.1, 0.15) is 31.4 Å². The summed E-state index contributed by atoms with van der Waals surface area (Å²) in [6.07, 6.45) is 1.53. The number of non-ortho nitro benzene ring substituents is 2. The van der Waals surface area contributed by atoms with Crippen LogP contribution in [0.2, 0.25) is 0 Å². The van der Waals surface area contributed by atoms with E-state index in [1.165, 1.54) is 41.0 Å². The van der Waals surface area contributed by atoms with Gasteiger partial charge in [0.1, 0.15) is 29.1 Å². The lowest BCUT2D eigenvalue weighted by Crippen LogP contribution is -2.39. The molecule has 3 aromatic heterocycles. The average Bonchev–Trinajstić information content (AvgIpc) is 3.77. The Kier molecular flexibility index (Phi) is 7.56. The number of carbonyl (C=O) groups excluding carboxylic acids is 1. The van der Waals surface area contributed by atoms with Crippen LogP contribution in [0.15, 0.2) is 103 Å². The normalized spacial score (nSPS) is 14.6. The summed E-state index contributed by atoms with van der Waals surface area (Å²) in [5.74, 6) is 0.565. The largest absolute Gasteiger partial charge is 0.463 e. The molecule has 13 nitrogen and oxygen atoms in total. The first-order valence-electron chi connectivity index (χ1n) is 13.5. The second-order valence-corrected chi connectivity index (χ2v) is 10.8. The summed E-state index contributed by atoms with van der Waals surface area (Å²) < 4.78 is 18.9. The molecule has 45 heavy (non-hydrogen) atoms. The topological polar surface area (TPSA) is 173 Å². The zero-order valence-electron chi connectivity index (χ0n) is 23.7. The van der Waals surface area contributed by atoms with Crippen molar-refractivity contribution in [3.63, 3.8) is 0 Å². The van der Waals surface area contributed by atoms with Crippen molar-refractivity contribution in [2.45, 2.75) is 19.9 Å². The van der Waals surface area contributed by atoms with E-state index in [4.69, 9.17) is 13.6 Å². The number of thiazole rings is 1. The second kappa shape index (κ2) is 11.7. The molecule has 0 bridgehead atoms. The number of carbonyl (C=O) groups is 1. The van der Waals surface area contributed by atoms with E-state index in [0.717, 1.165) is 11.3 Å². The smallest absolute Gasteiger partial charge is 0.338 e. The van der Waals surface area contributed by atoms with E-state index in [-0.39, 0.29) is 33.8 Å². The van der Waals surface area contributed by atoms with E-state index in [9.17, 15) is 29.8 Å². The Morgan fingerprint density at radius 2 is 1.60 bits per heavy atom. The summed E-state index contributed by atoms with van der Waals surface area (Å²) in [5.41, 5.74) is 0.717. The molecule has 0 unspecified atom stereocenters. The molecule has 1 aliphatic heterocycles. The highest BCUT2D eigenvalue weighted by Gasteiger charge is 2.35. The van der Waals surface area contributed by atoms with Crippen LogP contribution in [0.4, 0.5) is 11.4 Å². The third-order valence-electron chi connectivity index (χ3n) is 7.00. The van der Waals surface area contributed by atoms with Crippen molar-refractivity contribution in [3.8, 4) is 22.6 Å². The van der Waals surface area contributed by atoms with Crippen LogP contribution >= 0.6 is 11.3 Å². The molecule has 0 saturated carbocycles. The van der Waals surface area contributed by atoms with E-state index in [2.05, 4.69) is 4.99 Å². The molecule has 0 spiro atoms. The van der Waals surface area contributed by atoms with Crippen molar-refractivity contribution in [3.05, 3.63) is 136 Å². The number of allylic oxidation sites excluding steroid dienone is 1. The van der Waals surface area contributed by atoms with Crippen molar-refractivity contribution in [2.24, 2.45) is 4.99 Å². The fourth-order valence-corrected chi connectivity index (χ4v) is 6.00. The number of aromatic nitrogens is 1. The minimum Gasteiger partial charge on any atom is -0.463 e. The number of nitro groups is 2. The SMILES string of the molecule is CCOC(=O)C1=C(C)N=c2s/c(=C\c3ccc(-c4cccc([N+](=O)[O-])c4)o3)c(=O)n2[C@@H]1c1ccc(-c2cccc([N+](=O)[O-])c2)o1. The summed E-state index contributed by atoms with van der Waals surface area (Å²) in [7, 11) is 0. The van der Waals surface area contributed by atoms with Gasteiger partial charge in [0, 0.05) is 41.5 Å². The highest BCUT2D eigenvalue weighted by atomic mass is 32.1. The Bertz CT molecular complexity index is 2220. The average molecular weight is 627 g/mol. The van der Waals surface area contributed by atoms with Crippen molar-refractivity contribution in [2.75, 3.05) is 6.61 Å². The molecule has 0 fully saturated rings. The first-order valence-corrected chi connectivity index (χ1v) is 14.3. The minimum absolute atomic E-state index is 0.0851.